The van der Waals surface area contributed by atoms with Crippen molar-refractivity contribution in [2.45, 2.75) is 59.4 Å². The monoisotopic (exact) mass is 332 g/mol. The first-order valence-electron chi connectivity index (χ1n) is 9.44. The minimum atomic E-state index is 0.0695. The van der Waals surface area contributed by atoms with Crippen molar-refractivity contribution in [3.8, 4) is 0 Å². The van der Waals surface area contributed by atoms with Crippen LogP contribution in [-0.2, 0) is 11.2 Å². The number of carbonyl (C=O) groups excluding carboxylic acids is 1. The molecule has 24 heavy (non-hydrogen) atoms. The molecule has 1 N–H and O–H groups in total. The lowest BCUT2D eigenvalue weighted by Gasteiger charge is -2.26. The van der Waals surface area contributed by atoms with Crippen LogP contribution in [0.4, 0.5) is 0 Å². The van der Waals surface area contributed by atoms with Crippen molar-refractivity contribution in [2.24, 2.45) is 11.8 Å². The molecule has 0 fully saturated rings. The summed E-state index contributed by atoms with van der Waals surface area (Å²) in [5.41, 5.74) is 1.25. The molecule has 1 rings (SSSR count). The molecule has 1 amide bonds. The number of nitrogens with one attached hydrogen (secondary N) is 1. The topological polar surface area (TPSA) is 32.3 Å². The van der Waals surface area contributed by atoms with E-state index in [0.717, 1.165) is 25.9 Å². The number of benzene rings is 1. The summed E-state index contributed by atoms with van der Waals surface area (Å²) in [6.07, 6.45) is 4.26. The quantitative estimate of drug-likeness (QED) is 0.618. The lowest BCUT2D eigenvalue weighted by molar-refractivity contribution is -0.135. The Labute approximate surface area is 148 Å². The molecule has 3 nitrogen and oxygen atoms in total. The molecule has 1 aromatic rings. The van der Waals surface area contributed by atoms with E-state index in [1.807, 2.05) is 30.1 Å². The largest absolute Gasteiger partial charge is 0.346 e. The van der Waals surface area contributed by atoms with Crippen LogP contribution in [0, 0.1) is 11.8 Å². The van der Waals surface area contributed by atoms with E-state index in [4.69, 9.17) is 0 Å². The number of rotatable bonds is 11. The molecule has 136 valence electrons. The fourth-order valence-electron chi connectivity index (χ4n) is 2.91. The second-order valence-corrected chi connectivity index (χ2v) is 7.47. The SMILES string of the molecule is CC(C)NCCCCCN(C)C(=O)[C@@H](Cc1ccccc1)C(C)C. The number of amides is 1. The number of hydrogen-bond acceptors (Lipinski definition) is 2. The first-order chi connectivity index (χ1) is 11.4. The Balaban J connectivity index is 2.40. The lowest BCUT2D eigenvalue weighted by Crippen LogP contribution is -2.37. The fraction of sp³-hybridized carbons (Fsp3) is 0.667. The highest BCUT2D eigenvalue weighted by Gasteiger charge is 2.25. The van der Waals surface area contributed by atoms with E-state index in [1.54, 1.807) is 0 Å². The van der Waals surface area contributed by atoms with Gasteiger partial charge in [0, 0.05) is 25.6 Å². The lowest BCUT2D eigenvalue weighted by atomic mass is 9.88. The number of carbonyl (C=O) groups is 1. The Kier molecular flexibility index (Phi) is 9.70. The second-order valence-electron chi connectivity index (χ2n) is 7.47. The van der Waals surface area contributed by atoms with E-state index in [-0.39, 0.29) is 11.8 Å². The van der Waals surface area contributed by atoms with E-state index in [0.29, 0.717) is 12.0 Å². The zero-order chi connectivity index (χ0) is 17.9. The van der Waals surface area contributed by atoms with Crippen molar-refractivity contribution < 1.29 is 4.79 Å². The third kappa shape index (κ3) is 7.96. The van der Waals surface area contributed by atoms with Crippen LogP contribution < -0.4 is 5.32 Å². The van der Waals surface area contributed by atoms with Gasteiger partial charge in [-0.3, -0.25) is 4.79 Å². The van der Waals surface area contributed by atoms with Crippen LogP contribution >= 0.6 is 0 Å². The van der Waals surface area contributed by atoms with Crippen molar-refractivity contribution in [1.82, 2.24) is 10.2 Å². The number of unbranched alkanes of at least 4 members (excludes halogenated alkanes) is 2. The summed E-state index contributed by atoms with van der Waals surface area (Å²) >= 11 is 0. The zero-order valence-electron chi connectivity index (χ0n) is 16.2. The maximum Gasteiger partial charge on any atom is 0.226 e. The maximum atomic E-state index is 12.8. The van der Waals surface area contributed by atoms with E-state index in [2.05, 4.69) is 45.1 Å². The van der Waals surface area contributed by atoms with Gasteiger partial charge in [0.1, 0.15) is 0 Å². The Hall–Kier alpha value is -1.35. The normalized spacial score (nSPS) is 12.6. The average molecular weight is 333 g/mol. The van der Waals surface area contributed by atoms with Crippen LogP contribution in [0.15, 0.2) is 30.3 Å². The molecule has 0 bridgehead atoms. The van der Waals surface area contributed by atoms with E-state index in [1.165, 1.54) is 18.4 Å². The highest BCUT2D eigenvalue weighted by atomic mass is 16.2. The molecule has 0 spiro atoms. The predicted octanol–water partition coefficient (Wildman–Crippen LogP) is 4.13. The van der Waals surface area contributed by atoms with E-state index >= 15 is 0 Å². The molecule has 0 aromatic heterocycles. The molecular weight excluding hydrogens is 296 g/mol. The number of hydrogen-bond donors (Lipinski definition) is 1. The zero-order valence-corrected chi connectivity index (χ0v) is 16.2. The van der Waals surface area contributed by atoms with Crippen molar-refractivity contribution in [3.05, 3.63) is 35.9 Å². The molecule has 0 aliphatic carbocycles. The Morgan fingerprint density at radius 2 is 1.71 bits per heavy atom. The summed E-state index contributed by atoms with van der Waals surface area (Å²) in [4.78, 5) is 14.7. The minimum absolute atomic E-state index is 0.0695. The highest BCUT2D eigenvalue weighted by molar-refractivity contribution is 5.79. The summed E-state index contributed by atoms with van der Waals surface area (Å²) in [5, 5.41) is 3.44. The summed E-state index contributed by atoms with van der Waals surface area (Å²) in [6.45, 7) is 10.6. The smallest absolute Gasteiger partial charge is 0.226 e. The third-order valence-corrected chi connectivity index (χ3v) is 4.52. The first-order valence-corrected chi connectivity index (χ1v) is 9.44. The van der Waals surface area contributed by atoms with Gasteiger partial charge in [-0.1, -0.05) is 64.4 Å². The first kappa shape index (κ1) is 20.7. The van der Waals surface area contributed by atoms with Crippen molar-refractivity contribution in [3.63, 3.8) is 0 Å². The van der Waals surface area contributed by atoms with Crippen LogP contribution in [0.25, 0.3) is 0 Å². The van der Waals surface area contributed by atoms with Crippen LogP contribution in [-0.4, -0.2) is 37.0 Å². The van der Waals surface area contributed by atoms with Crippen LogP contribution in [0.3, 0.4) is 0 Å². The molecule has 0 heterocycles. The Bertz CT molecular complexity index is 456. The molecule has 0 saturated carbocycles. The van der Waals surface area contributed by atoms with Gasteiger partial charge in [0.25, 0.3) is 0 Å². The molecule has 0 aliphatic rings. The van der Waals surface area contributed by atoms with Gasteiger partial charge in [0.2, 0.25) is 5.91 Å². The molecular formula is C21H36N2O. The standard InChI is InChI=1S/C21H36N2O/c1-17(2)20(16-19-12-8-6-9-13-19)21(24)23(5)15-11-7-10-14-22-18(3)4/h6,8-9,12-13,17-18,20,22H,7,10-11,14-16H2,1-5H3/t20-/m0/s1. The van der Waals surface area contributed by atoms with Crippen LogP contribution in [0.1, 0.15) is 52.5 Å². The summed E-state index contributed by atoms with van der Waals surface area (Å²) in [5.74, 6) is 0.713. The summed E-state index contributed by atoms with van der Waals surface area (Å²) < 4.78 is 0. The van der Waals surface area contributed by atoms with Crippen LogP contribution in [0.2, 0.25) is 0 Å². The van der Waals surface area contributed by atoms with Gasteiger partial charge >= 0.3 is 0 Å². The van der Waals surface area contributed by atoms with E-state index < -0.39 is 0 Å². The predicted molar refractivity (Wildman–Crippen MR) is 103 cm³/mol. The summed E-state index contributed by atoms with van der Waals surface area (Å²) in [7, 11) is 1.95. The molecule has 0 aliphatic heterocycles. The second kappa shape index (κ2) is 11.2. The van der Waals surface area contributed by atoms with Gasteiger partial charge in [0.15, 0.2) is 0 Å². The Morgan fingerprint density at radius 1 is 1.04 bits per heavy atom. The third-order valence-electron chi connectivity index (χ3n) is 4.52. The van der Waals surface area contributed by atoms with Gasteiger partial charge in [0.05, 0.1) is 0 Å². The maximum absolute atomic E-state index is 12.8. The van der Waals surface area contributed by atoms with Gasteiger partial charge in [-0.15, -0.1) is 0 Å². The number of nitrogens with zero attached hydrogens (tertiary/aromatic N) is 1. The van der Waals surface area contributed by atoms with Crippen molar-refractivity contribution >= 4 is 5.91 Å². The summed E-state index contributed by atoms with van der Waals surface area (Å²) in [6, 6.07) is 10.9. The highest BCUT2D eigenvalue weighted by Crippen LogP contribution is 2.20. The van der Waals surface area contributed by atoms with Gasteiger partial charge in [-0.05, 0) is 37.3 Å². The molecule has 0 saturated heterocycles. The average Bonchev–Trinajstić information content (AvgIpc) is 2.55. The Morgan fingerprint density at radius 3 is 2.29 bits per heavy atom. The van der Waals surface area contributed by atoms with Crippen molar-refractivity contribution in [2.75, 3.05) is 20.1 Å². The molecule has 3 heteroatoms. The minimum Gasteiger partial charge on any atom is -0.346 e. The fourth-order valence-corrected chi connectivity index (χ4v) is 2.91. The molecule has 0 unspecified atom stereocenters. The molecule has 1 aromatic carbocycles. The van der Waals surface area contributed by atoms with Gasteiger partial charge < -0.3 is 10.2 Å². The molecule has 0 radical (unpaired) electrons. The van der Waals surface area contributed by atoms with Crippen LogP contribution in [0.5, 0.6) is 0 Å². The van der Waals surface area contributed by atoms with Gasteiger partial charge in [-0.25, -0.2) is 0 Å². The van der Waals surface area contributed by atoms with Crippen molar-refractivity contribution in [1.29, 1.82) is 0 Å². The van der Waals surface area contributed by atoms with Gasteiger partial charge in [-0.2, -0.15) is 0 Å². The molecule has 1 atom stereocenters. The van der Waals surface area contributed by atoms with E-state index in [9.17, 15) is 4.79 Å².